The summed E-state index contributed by atoms with van der Waals surface area (Å²) in [7, 11) is 0. The van der Waals surface area contributed by atoms with Crippen LogP contribution in [0.25, 0.3) is 0 Å². The van der Waals surface area contributed by atoms with Gasteiger partial charge in [-0.1, -0.05) is 67.6 Å². The van der Waals surface area contributed by atoms with E-state index in [1.165, 1.54) is 6.07 Å². The fourth-order valence-corrected chi connectivity index (χ4v) is 3.87. The normalized spacial score (nSPS) is 13.3. The minimum Gasteiger partial charge on any atom is -0.480 e. The first-order valence-electron chi connectivity index (χ1n) is 8.53. The zero-order chi connectivity index (χ0) is 20.8. The summed E-state index contributed by atoms with van der Waals surface area (Å²) < 4.78 is 25.8. The molecule has 0 saturated carbocycles. The molecule has 1 aromatic rings. The number of alkyl halides is 3. The molecule has 152 valence electrons. The van der Waals surface area contributed by atoms with Gasteiger partial charge in [0.1, 0.15) is 17.7 Å². The van der Waals surface area contributed by atoms with Gasteiger partial charge in [0.25, 0.3) is 0 Å². The van der Waals surface area contributed by atoms with Crippen molar-refractivity contribution < 1.29 is 23.5 Å². The molecular formula is C18H22Cl3F2NO3. The number of rotatable bonds is 9. The Bertz CT molecular complexity index is 654. The molecule has 1 amide bonds. The van der Waals surface area contributed by atoms with E-state index in [0.29, 0.717) is 12.8 Å². The molecule has 0 radical (unpaired) electrons. The Hall–Kier alpha value is -1.11. The summed E-state index contributed by atoms with van der Waals surface area (Å²) in [5, 5.41) is 11.7. The third-order valence-corrected chi connectivity index (χ3v) is 5.49. The van der Waals surface area contributed by atoms with Gasteiger partial charge in [-0.2, -0.15) is 0 Å². The molecule has 4 nitrogen and oxygen atoms in total. The highest BCUT2D eigenvalue weighted by atomic mass is 35.6. The van der Waals surface area contributed by atoms with E-state index in [1.54, 1.807) is 13.8 Å². The summed E-state index contributed by atoms with van der Waals surface area (Å²) in [6.45, 7) is 3.61. The van der Waals surface area contributed by atoms with Gasteiger partial charge >= 0.3 is 5.97 Å². The van der Waals surface area contributed by atoms with Gasteiger partial charge in [-0.15, -0.1) is 0 Å². The summed E-state index contributed by atoms with van der Waals surface area (Å²) in [6, 6.07) is 1.61. The van der Waals surface area contributed by atoms with Gasteiger partial charge in [0, 0.05) is 12.0 Å². The quantitative estimate of drug-likeness (QED) is 0.525. The first kappa shape index (κ1) is 23.9. The van der Waals surface area contributed by atoms with Crippen molar-refractivity contribution >= 4 is 46.7 Å². The van der Waals surface area contributed by atoms with Crippen LogP contribution in [0.4, 0.5) is 8.78 Å². The summed E-state index contributed by atoms with van der Waals surface area (Å²) in [5.74, 6) is -4.01. The number of hydrogen-bond donors (Lipinski definition) is 2. The number of amides is 1. The molecule has 0 aliphatic heterocycles. The zero-order valence-electron chi connectivity index (χ0n) is 15.0. The van der Waals surface area contributed by atoms with Crippen LogP contribution in [0.15, 0.2) is 18.2 Å². The van der Waals surface area contributed by atoms with Crippen molar-refractivity contribution in [3.05, 3.63) is 35.4 Å². The average molecular weight is 445 g/mol. The Labute approximate surface area is 172 Å². The maximum atomic E-state index is 13.9. The van der Waals surface area contributed by atoms with Crippen molar-refractivity contribution in [3.8, 4) is 0 Å². The molecule has 0 aromatic heterocycles. The number of carbonyl (C=O) groups is 2. The molecule has 0 unspecified atom stereocenters. The monoisotopic (exact) mass is 443 g/mol. The fraction of sp³-hybridized carbons (Fsp3) is 0.556. The topological polar surface area (TPSA) is 66.4 Å². The maximum Gasteiger partial charge on any atom is 0.326 e. The van der Waals surface area contributed by atoms with Crippen LogP contribution in [0.1, 0.15) is 45.1 Å². The van der Waals surface area contributed by atoms with Crippen LogP contribution in [0, 0.1) is 17.0 Å². The Kier molecular flexibility index (Phi) is 8.77. The molecule has 27 heavy (non-hydrogen) atoms. The first-order valence-corrected chi connectivity index (χ1v) is 9.67. The minimum atomic E-state index is -1.98. The van der Waals surface area contributed by atoms with Crippen LogP contribution in [0.2, 0.25) is 0 Å². The number of halogens is 5. The van der Waals surface area contributed by atoms with Gasteiger partial charge in [-0.3, -0.25) is 4.79 Å². The summed E-state index contributed by atoms with van der Waals surface area (Å²) in [5.41, 5.74) is -1.89. The van der Waals surface area contributed by atoms with Crippen LogP contribution in [-0.2, 0) is 16.0 Å². The van der Waals surface area contributed by atoms with E-state index in [2.05, 4.69) is 5.32 Å². The number of nitrogens with one attached hydrogen (secondary N) is 1. The predicted octanol–water partition coefficient (Wildman–Crippen LogP) is 5.03. The molecule has 0 spiro atoms. The molecule has 1 aromatic carbocycles. The SMILES string of the molecule is CCCC(CCC)(C(=O)N[C@@H](Cc1c(F)cccc1F)C(=O)O)C(Cl)(Cl)Cl. The zero-order valence-corrected chi connectivity index (χ0v) is 17.3. The van der Waals surface area contributed by atoms with E-state index in [9.17, 15) is 23.5 Å². The molecule has 0 heterocycles. The van der Waals surface area contributed by atoms with Crippen molar-refractivity contribution in [1.82, 2.24) is 5.32 Å². The molecule has 0 saturated heterocycles. The van der Waals surface area contributed by atoms with Gasteiger partial charge < -0.3 is 10.4 Å². The Balaban J connectivity index is 3.20. The maximum absolute atomic E-state index is 13.9. The summed E-state index contributed by atoms with van der Waals surface area (Å²) in [4.78, 5) is 24.5. The molecule has 9 heteroatoms. The van der Waals surface area contributed by atoms with Gasteiger partial charge in [0.2, 0.25) is 9.70 Å². The lowest BCUT2D eigenvalue weighted by Gasteiger charge is -2.38. The number of aliphatic carboxylic acids is 1. The van der Waals surface area contributed by atoms with Crippen molar-refractivity contribution in [1.29, 1.82) is 0 Å². The van der Waals surface area contributed by atoms with E-state index < -0.39 is 50.7 Å². The van der Waals surface area contributed by atoms with E-state index in [1.807, 2.05) is 0 Å². The van der Waals surface area contributed by atoms with Crippen molar-refractivity contribution in [3.63, 3.8) is 0 Å². The van der Waals surface area contributed by atoms with Gasteiger partial charge in [-0.25, -0.2) is 13.6 Å². The van der Waals surface area contributed by atoms with Gasteiger partial charge in [-0.05, 0) is 25.0 Å². The highest BCUT2D eigenvalue weighted by Gasteiger charge is 2.53. The highest BCUT2D eigenvalue weighted by Crippen LogP contribution is 2.51. The average Bonchev–Trinajstić information content (AvgIpc) is 2.55. The van der Waals surface area contributed by atoms with Crippen molar-refractivity contribution in [2.24, 2.45) is 5.41 Å². The second-order valence-electron chi connectivity index (χ2n) is 6.35. The Morgan fingerprint density at radius 2 is 1.59 bits per heavy atom. The Morgan fingerprint density at radius 1 is 1.11 bits per heavy atom. The van der Waals surface area contributed by atoms with Crippen LogP contribution < -0.4 is 5.32 Å². The third-order valence-electron chi connectivity index (χ3n) is 4.40. The van der Waals surface area contributed by atoms with Crippen LogP contribution >= 0.6 is 34.8 Å². The highest BCUT2D eigenvalue weighted by molar-refractivity contribution is 6.69. The standard InChI is InChI=1S/C18H22Cl3F2NO3/c1-3-8-17(9-4-2,18(19,20)21)16(27)24-14(15(25)26)10-11-12(22)6-5-7-13(11)23/h5-7,14H,3-4,8-10H2,1-2H3,(H,24,27)(H,25,26)/t14-/m0/s1. The van der Waals surface area contributed by atoms with Gasteiger partial charge in [0.05, 0.1) is 5.41 Å². The van der Waals surface area contributed by atoms with E-state index in [4.69, 9.17) is 34.8 Å². The molecule has 1 rings (SSSR count). The molecule has 0 bridgehead atoms. The number of benzene rings is 1. The van der Waals surface area contributed by atoms with E-state index in [0.717, 1.165) is 12.1 Å². The summed E-state index contributed by atoms with van der Waals surface area (Å²) in [6.07, 6.45) is 0.878. The van der Waals surface area contributed by atoms with E-state index >= 15 is 0 Å². The lowest BCUT2D eigenvalue weighted by Crippen LogP contribution is -2.54. The molecule has 0 aliphatic carbocycles. The predicted molar refractivity (Wildman–Crippen MR) is 102 cm³/mol. The van der Waals surface area contributed by atoms with Crippen molar-refractivity contribution in [2.45, 2.75) is 55.8 Å². The number of carbonyl (C=O) groups excluding carboxylic acids is 1. The molecule has 1 atom stereocenters. The second-order valence-corrected chi connectivity index (χ2v) is 8.63. The lowest BCUT2D eigenvalue weighted by atomic mass is 9.79. The summed E-state index contributed by atoms with van der Waals surface area (Å²) >= 11 is 18.3. The molecule has 0 aliphatic rings. The van der Waals surface area contributed by atoms with Crippen LogP contribution in [-0.4, -0.2) is 26.8 Å². The third kappa shape index (κ3) is 5.69. The molecular weight excluding hydrogens is 423 g/mol. The fourth-order valence-electron chi connectivity index (χ4n) is 3.05. The molecule has 2 N–H and O–H groups in total. The second kappa shape index (κ2) is 9.89. The van der Waals surface area contributed by atoms with E-state index in [-0.39, 0.29) is 12.8 Å². The van der Waals surface area contributed by atoms with Crippen LogP contribution in [0.3, 0.4) is 0 Å². The number of carboxylic acids is 1. The minimum absolute atomic E-state index is 0.212. The largest absolute Gasteiger partial charge is 0.480 e. The first-order chi connectivity index (χ1) is 12.5. The van der Waals surface area contributed by atoms with Gasteiger partial charge in [0.15, 0.2) is 0 Å². The Morgan fingerprint density at radius 3 is 1.96 bits per heavy atom. The lowest BCUT2D eigenvalue weighted by molar-refractivity contribution is -0.144. The van der Waals surface area contributed by atoms with Crippen molar-refractivity contribution in [2.75, 3.05) is 0 Å². The smallest absolute Gasteiger partial charge is 0.326 e. The van der Waals surface area contributed by atoms with Crippen LogP contribution in [0.5, 0.6) is 0 Å². The number of carboxylic acid groups (broad SMARTS) is 1. The molecule has 0 fully saturated rings. The number of hydrogen-bond acceptors (Lipinski definition) is 2.